The Hall–Kier alpha value is -0.120. The number of fused-ring (bicyclic) bond motifs is 1. The van der Waals surface area contributed by atoms with Gasteiger partial charge in [0.2, 0.25) is 0 Å². The van der Waals surface area contributed by atoms with Gasteiger partial charge in [-0.25, -0.2) is 0 Å². The molecular formula is C8H16N2O. The van der Waals surface area contributed by atoms with Gasteiger partial charge in [0.05, 0.1) is 6.17 Å². The maximum Gasteiger partial charge on any atom is 0.0623 e. The Bertz CT molecular complexity index is 140. The van der Waals surface area contributed by atoms with E-state index in [0.717, 1.165) is 25.7 Å². The number of hydrogen-bond acceptors (Lipinski definition) is 3. The molecule has 2 aliphatic rings. The molecule has 11 heavy (non-hydrogen) atoms. The topological polar surface area (TPSA) is 24.3 Å². The third-order valence-electron chi connectivity index (χ3n) is 2.49. The summed E-state index contributed by atoms with van der Waals surface area (Å²) in [7, 11) is 0. The summed E-state index contributed by atoms with van der Waals surface area (Å²) in [4.78, 5) is 2.50. The predicted octanol–water partition coefficient (Wildman–Crippen LogP) is 0.0265. The molecule has 64 valence electrons. The molecule has 0 radical (unpaired) electrons. The van der Waals surface area contributed by atoms with E-state index in [1.807, 2.05) is 6.92 Å². The second kappa shape index (κ2) is 3.09. The lowest BCUT2D eigenvalue weighted by molar-refractivity contribution is 0.128. The average molecular weight is 156 g/mol. The number of ether oxygens (including phenoxy) is 1. The fourth-order valence-electron chi connectivity index (χ4n) is 1.76. The minimum atomic E-state index is 0.617. The molecule has 2 saturated heterocycles. The summed E-state index contributed by atoms with van der Waals surface area (Å²) in [6.07, 6.45) is 1.76. The van der Waals surface area contributed by atoms with E-state index in [4.69, 9.17) is 4.74 Å². The Morgan fingerprint density at radius 2 is 2.55 bits per heavy atom. The van der Waals surface area contributed by atoms with Crippen molar-refractivity contribution in [2.75, 3.05) is 26.3 Å². The molecular weight excluding hydrogens is 140 g/mol. The zero-order valence-electron chi connectivity index (χ0n) is 7.05. The highest BCUT2D eigenvalue weighted by Gasteiger charge is 2.44. The molecule has 0 aliphatic carbocycles. The molecule has 2 heterocycles. The van der Waals surface area contributed by atoms with Crippen LogP contribution in [0.2, 0.25) is 0 Å². The highest BCUT2D eigenvalue weighted by molar-refractivity contribution is 5.00. The first-order chi connectivity index (χ1) is 5.42. The van der Waals surface area contributed by atoms with Crippen LogP contribution in [0.5, 0.6) is 0 Å². The monoisotopic (exact) mass is 156 g/mol. The van der Waals surface area contributed by atoms with Gasteiger partial charge in [-0.3, -0.25) is 4.90 Å². The van der Waals surface area contributed by atoms with Crippen molar-refractivity contribution in [3.8, 4) is 0 Å². The van der Waals surface area contributed by atoms with E-state index in [1.54, 1.807) is 0 Å². The van der Waals surface area contributed by atoms with Gasteiger partial charge in [-0.1, -0.05) is 0 Å². The van der Waals surface area contributed by atoms with E-state index in [0.29, 0.717) is 6.17 Å². The summed E-state index contributed by atoms with van der Waals surface area (Å²) in [5.41, 5.74) is 0. The summed E-state index contributed by atoms with van der Waals surface area (Å²) >= 11 is 0. The Balaban J connectivity index is 1.63. The fourth-order valence-corrected chi connectivity index (χ4v) is 1.76. The van der Waals surface area contributed by atoms with Crippen LogP contribution in [0.1, 0.15) is 13.3 Å². The lowest BCUT2D eigenvalue weighted by Gasteiger charge is -2.13. The number of hydrogen-bond donors (Lipinski definition) is 1. The molecule has 0 spiro atoms. The number of nitrogens with one attached hydrogen (secondary N) is 1. The fraction of sp³-hybridized carbons (Fsp3) is 1.00. The van der Waals surface area contributed by atoms with Crippen LogP contribution >= 0.6 is 0 Å². The smallest absolute Gasteiger partial charge is 0.0623 e. The Morgan fingerprint density at radius 3 is 3.09 bits per heavy atom. The van der Waals surface area contributed by atoms with Crippen LogP contribution in [0.4, 0.5) is 0 Å². The van der Waals surface area contributed by atoms with Crippen molar-refractivity contribution in [2.24, 2.45) is 0 Å². The zero-order chi connectivity index (χ0) is 7.68. The van der Waals surface area contributed by atoms with E-state index in [-0.39, 0.29) is 0 Å². The van der Waals surface area contributed by atoms with Crippen molar-refractivity contribution in [1.82, 2.24) is 10.2 Å². The molecule has 3 nitrogen and oxygen atoms in total. The molecule has 0 aromatic rings. The zero-order valence-corrected chi connectivity index (χ0v) is 7.05. The maximum atomic E-state index is 5.30. The quantitative estimate of drug-likeness (QED) is 0.459. The second-order valence-corrected chi connectivity index (χ2v) is 3.26. The van der Waals surface area contributed by atoms with Gasteiger partial charge in [0.15, 0.2) is 0 Å². The highest BCUT2D eigenvalue weighted by atomic mass is 16.5. The third kappa shape index (κ3) is 1.55. The number of nitrogens with zero attached hydrogens (tertiary/aromatic N) is 1. The average Bonchev–Trinajstić information content (AvgIpc) is 2.70. The van der Waals surface area contributed by atoms with Crippen molar-refractivity contribution in [1.29, 1.82) is 0 Å². The van der Waals surface area contributed by atoms with Crippen LogP contribution in [-0.2, 0) is 4.74 Å². The van der Waals surface area contributed by atoms with Gasteiger partial charge in [-0.05, 0) is 13.3 Å². The minimum absolute atomic E-state index is 0.617. The SMILES string of the molecule is CCOCCC1NCC2CN21. The molecule has 3 atom stereocenters. The van der Waals surface area contributed by atoms with Gasteiger partial charge in [0, 0.05) is 32.3 Å². The molecule has 0 amide bonds. The van der Waals surface area contributed by atoms with Crippen molar-refractivity contribution in [3.63, 3.8) is 0 Å². The van der Waals surface area contributed by atoms with E-state index < -0.39 is 0 Å². The van der Waals surface area contributed by atoms with E-state index in [1.165, 1.54) is 13.1 Å². The summed E-state index contributed by atoms with van der Waals surface area (Å²) in [6, 6.07) is 0.863. The van der Waals surface area contributed by atoms with Gasteiger partial charge in [0.1, 0.15) is 0 Å². The van der Waals surface area contributed by atoms with Crippen LogP contribution in [0.25, 0.3) is 0 Å². The van der Waals surface area contributed by atoms with Crippen LogP contribution in [0.15, 0.2) is 0 Å². The largest absolute Gasteiger partial charge is 0.382 e. The normalized spacial score (nSPS) is 40.6. The van der Waals surface area contributed by atoms with Crippen LogP contribution in [0.3, 0.4) is 0 Å². The van der Waals surface area contributed by atoms with Crippen molar-refractivity contribution in [2.45, 2.75) is 25.6 Å². The Morgan fingerprint density at radius 1 is 1.64 bits per heavy atom. The summed E-state index contributed by atoms with van der Waals surface area (Å²) < 4.78 is 5.30. The molecule has 2 aliphatic heterocycles. The van der Waals surface area contributed by atoms with Gasteiger partial charge in [0.25, 0.3) is 0 Å². The highest BCUT2D eigenvalue weighted by Crippen LogP contribution is 2.26. The molecule has 1 N–H and O–H groups in total. The first-order valence-electron chi connectivity index (χ1n) is 4.48. The standard InChI is InChI=1S/C8H16N2O/c1-2-11-4-3-8-9-5-7-6-10(7)8/h7-9H,2-6H2,1H3. The molecule has 0 aromatic carbocycles. The van der Waals surface area contributed by atoms with Crippen molar-refractivity contribution >= 4 is 0 Å². The molecule has 2 fully saturated rings. The van der Waals surface area contributed by atoms with Gasteiger partial charge < -0.3 is 10.1 Å². The predicted molar refractivity (Wildman–Crippen MR) is 43.4 cm³/mol. The van der Waals surface area contributed by atoms with Crippen LogP contribution in [-0.4, -0.2) is 43.4 Å². The van der Waals surface area contributed by atoms with E-state index in [9.17, 15) is 0 Å². The summed E-state index contributed by atoms with van der Waals surface area (Å²) in [5, 5.41) is 3.46. The molecule has 0 aromatic heterocycles. The van der Waals surface area contributed by atoms with Crippen LogP contribution < -0.4 is 5.32 Å². The molecule has 3 unspecified atom stereocenters. The maximum absolute atomic E-state index is 5.30. The van der Waals surface area contributed by atoms with Gasteiger partial charge in [-0.15, -0.1) is 0 Å². The minimum Gasteiger partial charge on any atom is -0.382 e. The van der Waals surface area contributed by atoms with Gasteiger partial charge in [-0.2, -0.15) is 0 Å². The van der Waals surface area contributed by atoms with Crippen molar-refractivity contribution in [3.05, 3.63) is 0 Å². The second-order valence-electron chi connectivity index (χ2n) is 3.26. The van der Waals surface area contributed by atoms with Crippen LogP contribution in [0, 0.1) is 0 Å². The van der Waals surface area contributed by atoms with E-state index >= 15 is 0 Å². The lowest BCUT2D eigenvalue weighted by atomic mass is 10.3. The number of rotatable bonds is 4. The summed E-state index contributed by atoms with van der Waals surface area (Å²) in [5.74, 6) is 0. The first-order valence-corrected chi connectivity index (χ1v) is 4.48. The Labute approximate surface area is 67.7 Å². The van der Waals surface area contributed by atoms with E-state index in [2.05, 4.69) is 10.2 Å². The molecule has 0 saturated carbocycles. The van der Waals surface area contributed by atoms with Gasteiger partial charge >= 0.3 is 0 Å². The molecule has 2 rings (SSSR count). The third-order valence-corrected chi connectivity index (χ3v) is 2.49. The van der Waals surface area contributed by atoms with Crippen molar-refractivity contribution < 1.29 is 4.74 Å². The molecule has 3 heteroatoms. The Kier molecular flexibility index (Phi) is 2.11. The summed E-state index contributed by atoms with van der Waals surface area (Å²) in [6.45, 7) is 6.29. The molecule has 0 bridgehead atoms. The first kappa shape index (κ1) is 7.53. The lowest BCUT2D eigenvalue weighted by Crippen LogP contribution is -2.31.